The van der Waals surface area contributed by atoms with Crippen LogP contribution in [0.2, 0.25) is 0 Å². The average Bonchev–Trinajstić information content (AvgIpc) is 2.85. The summed E-state index contributed by atoms with van der Waals surface area (Å²) >= 11 is 0. The van der Waals surface area contributed by atoms with Crippen LogP contribution in [-0.4, -0.2) is 37.3 Å². The lowest BCUT2D eigenvalue weighted by atomic mass is 10.1. The number of H-pyrrole nitrogens is 1. The fraction of sp³-hybridized carbons (Fsp3) is 0.400. The van der Waals surface area contributed by atoms with Crippen LogP contribution in [0, 0.1) is 6.92 Å². The second-order valence-electron chi connectivity index (χ2n) is 4.56. The van der Waals surface area contributed by atoms with Crippen LogP contribution in [0.5, 0.6) is 5.75 Å². The number of nitrogens with one attached hydrogen (secondary N) is 2. The number of aromatic nitrogens is 2. The summed E-state index contributed by atoms with van der Waals surface area (Å²) in [5, 5.41) is 3.27. The van der Waals surface area contributed by atoms with Gasteiger partial charge in [-0.3, -0.25) is 0 Å². The maximum Gasteiger partial charge on any atom is 0.121 e. The van der Waals surface area contributed by atoms with Gasteiger partial charge in [-0.15, -0.1) is 0 Å². The SMILES string of the molecule is COCCNCc1nc(-c2ccc(OC)cc2)c(C)[nH]1. The van der Waals surface area contributed by atoms with Crippen molar-refractivity contribution in [3.05, 3.63) is 35.8 Å². The molecule has 5 heteroatoms. The van der Waals surface area contributed by atoms with E-state index in [2.05, 4.69) is 15.3 Å². The Labute approximate surface area is 119 Å². The monoisotopic (exact) mass is 275 g/mol. The zero-order valence-electron chi connectivity index (χ0n) is 12.2. The molecule has 5 nitrogen and oxygen atoms in total. The van der Waals surface area contributed by atoms with Gasteiger partial charge in [0.25, 0.3) is 0 Å². The Morgan fingerprint density at radius 1 is 1.20 bits per heavy atom. The molecule has 0 spiro atoms. The Morgan fingerprint density at radius 3 is 2.60 bits per heavy atom. The smallest absolute Gasteiger partial charge is 0.121 e. The van der Waals surface area contributed by atoms with Crippen LogP contribution in [-0.2, 0) is 11.3 Å². The first kappa shape index (κ1) is 14.6. The first-order valence-corrected chi connectivity index (χ1v) is 6.64. The number of imidazole rings is 1. The molecule has 2 aromatic rings. The van der Waals surface area contributed by atoms with E-state index in [1.54, 1.807) is 14.2 Å². The minimum absolute atomic E-state index is 0.699. The number of nitrogens with zero attached hydrogens (tertiary/aromatic N) is 1. The van der Waals surface area contributed by atoms with Crippen molar-refractivity contribution >= 4 is 0 Å². The molecule has 0 radical (unpaired) electrons. The molecule has 1 aromatic carbocycles. The van der Waals surface area contributed by atoms with E-state index in [1.165, 1.54) is 0 Å². The summed E-state index contributed by atoms with van der Waals surface area (Å²) in [6.07, 6.45) is 0. The molecule has 0 atom stereocenters. The minimum Gasteiger partial charge on any atom is -0.497 e. The summed E-state index contributed by atoms with van der Waals surface area (Å²) in [5.41, 5.74) is 3.14. The van der Waals surface area contributed by atoms with Crippen molar-refractivity contribution < 1.29 is 9.47 Å². The number of aryl methyl sites for hydroxylation is 1. The van der Waals surface area contributed by atoms with E-state index in [1.807, 2.05) is 31.2 Å². The quantitative estimate of drug-likeness (QED) is 0.760. The van der Waals surface area contributed by atoms with Crippen LogP contribution >= 0.6 is 0 Å². The van der Waals surface area contributed by atoms with Crippen LogP contribution in [0.4, 0.5) is 0 Å². The lowest BCUT2D eigenvalue weighted by Gasteiger charge is -2.02. The normalized spacial score (nSPS) is 10.8. The molecule has 0 aliphatic carbocycles. The number of aromatic amines is 1. The molecule has 0 saturated carbocycles. The van der Waals surface area contributed by atoms with Gasteiger partial charge in [0.15, 0.2) is 0 Å². The lowest BCUT2D eigenvalue weighted by molar-refractivity contribution is 0.199. The van der Waals surface area contributed by atoms with E-state index < -0.39 is 0 Å². The molecule has 0 unspecified atom stereocenters. The van der Waals surface area contributed by atoms with E-state index in [-0.39, 0.29) is 0 Å². The van der Waals surface area contributed by atoms with Gasteiger partial charge in [0, 0.05) is 24.9 Å². The third kappa shape index (κ3) is 3.59. The number of rotatable bonds is 7. The predicted octanol–water partition coefficient (Wildman–Crippen LogP) is 2.13. The predicted molar refractivity (Wildman–Crippen MR) is 78.9 cm³/mol. The minimum atomic E-state index is 0.699. The molecule has 0 saturated heterocycles. The Bertz CT molecular complexity index is 535. The zero-order chi connectivity index (χ0) is 14.4. The Morgan fingerprint density at radius 2 is 1.95 bits per heavy atom. The largest absolute Gasteiger partial charge is 0.497 e. The first-order chi connectivity index (χ1) is 9.74. The molecule has 1 aromatic heterocycles. The summed E-state index contributed by atoms with van der Waals surface area (Å²) in [6.45, 7) is 4.25. The summed E-state index contributed by atoms with van der Waals surface area (Å²) in [4.78, 5) is 7.94. The molecule has 1 heterocycles. The van der Waals surface area contributed by atoms with Gasteiger partial charge in [0.2, 0.25) is 0 Å². The number of benzene rings is 1. The van der Waals surface area contributed by atoms with Crippen molar-refractivity contribution in [1.29, 1.82) is 0 Å². The summed E-state index contributed by atoms with van der Waals surface area (Å²) in [5.74, 6) is 1.79. The van der Waals surface area contributed by atoms with Crippen molar-refractivity contribution in [2.45, 2.75) is 13.5 Å². The highest BCUT2D eigenvalue weighted by Gasteiger charge is 2.08. The fourth-order valence-electron chi connectivity index (χ4n) is 2.02. The highest BCUT2D eigenvalue weighted by Crippen LogP contribution is 2.23. The van der Waals surface area contributed by atoms with Gasteiger partial charge in [0.1, 0.15) is 11.6 Å². The van der Waals surface area contributed by atoms with Gasteiger partial charge in [-0.1, -0.05) is 0 Å². The van der Waals surface area contributed by atoms with Crippen molar-refractivity contribution in [2.24, 2.45) is 0 Å². The van der Waals surface area contributed by atoms with E-state index in [4.69, 9.17) is 9.47 Å². The van der Waals surface area contributed by atoms with Gasteiger partial charge < -0.3 is 19.8 Å². The molecule has 108 valence electrons. The van der Waals surface area contributed by atoms with Crippen molar-refractivity contribution in [1.82, 2.24) is 15.3 Å². The molecule has 0 fully saturated rings. The summed E-state index contributed by atoms with van der Waals surface area (Å²) < 4.78 is 10.2. The Balaban J connectivity index is 2.06. The van der Waals surface area contributed by atoms with Crippen LogP contribution in [0.25, 0.3) is 11.3 Å². The number of hydrogen-bond acceptors (Lipinski definition) is 4. The van der Waals surface area contributed by atoms with Crippen LogP contribution in [0.3, 0.4) is 0 Å². The highest BCUT2D eigenvalue weighted by atomic mass is 16.5. The lowest BCUT2D eigenvalue weighted by Crippen LogP contribution is -2.19. The van der Waals surface area contributed by atoms with E-state index in [9.17, 15) is 0 Å². The Hall–Kier alpha value is -1.85. The maximum atomic E-state index is 5.17. The molecule has 0 aliphatic rings. The van der Waals surface area contributed by atoms with Gasteiger partial charge in [-0.25, -0.2) is 4.98 Å². The molecule has 0 aliphatic heterocycles. The molecular formula is C15H21N3O2. The molecule has 0 amide bonds. The van der Waals surface area contributed by atoms with Gasteiger partial charge in [0.05, 0.1) is 26.0 Å². The van der Waals surface area contributed by atoms with Crippen molar-refractivity contribution in [3.63, 3.8) is 0 Å². The molecule has 0 bridgehead atoms. The Kier molecular flexibility index (Phi) is 5.15. The van der Waals surface area contributed by atoms with E-state index >= 15 is 0 Å². The van der Waals surface area contributed by atoms with Gasteiger partial charge >= 0.3 is 0 Å². The molecule has 20 heavy (non-hydrogen) atoms. The fourth-order valence-corrected chi connectivity index (χ4v) is 2.02. The number of hydrogen-bond donors (Lipinski definition) is 2. The van der Waals surface area contributed by atoms with Crippen LogP contribution < -0.4 is 10.1 Å². The first-order valence-electron chi connectivity index (χ1n) is 6.64. The van der Waals surface area contributed by atoms with Crippen molar-refractivity contribution in [2.75, 3.05) is 27.4 Å². The standard InChI is InChI=1S/C15H21N3O2/c1-11-15(12-4-6-13(20-3)7-5-12)18-14(17-11)10-16-8-9-19-2/h4-7,16H,8-10H2,1-3H3,(H,17,18). The van der Waals surface area contributed by atoms with E-state index in [0.29, 0.717) is 13.2 Å². The maximum absolute atomic E-state index is 5.17. The van der Waals surface area contributed by atoms with Gasteiger partial charge in [-0.2, -0.15) is 0 Å². The summed E-state index contributed by atoms with van der Waals surface area (Å²) in [7, 11) is 3.36. The second kappa shape index (κ2) is 7.07. The third-order valence-corrected chi connectivity index (χ3v) is 3.07. The molecular weight excluding hydrogens is 254 g/mol. The number of methoxy groups -OCH3 is 2. The molecule has 2 rings (SSSR count). The molecule has 2 N–H and O–H groups in total. The van der Waals surface area contributed by atoms with E-state index in [0.717, 1.165) is 35.1 Å². The van der Waals surface area contributed by atoms with Gasteiger partial charge in [-0.05, 0) is 31.2 Å². The third-order valence-electron chi connectivity index (χ3n) is 3.07. The average molecular weight is 275 g/mol. The zero-order valence-corrected chi connectivity index (χ0v) is 12.2. The topological polar surface area (TPSA) is 59.2 Å². The van der Waals surface area contributed by atoms with Crippen LogP contribution in [0.15, 0.2) is 24.3 Å². The van der Waals surface area contributed by atoms with Crippen LogP contribution in [0.1, 0.15) is 11.5 Å². The second-order valence-corrected chi connectivity index (χ2v) is 4.56. The summed E-state index contributed by atoms with van der Waals surface area (Å²) in [6, 6.07) is 7.92. The highest BCUT2D eigenvalue weighted by molar-refractivity contribution is 5.62. The van der Waals surface area contributed by atoms with Crippen molar-refractivity contribution in [3.8, 4) is 17.0 Å². The number of ether oxygens (including phenoxy) is 2.